The number of methoxy groups -OCH3 is 1. The lowest BCUT2D eigenvalue weighted by atomic mass is 9.81. The molecule has 3 unspecified atom stereocenters. The van der Waals surface area contributed by atoms with E-state index >= 15 is 0 Å². The van der Waals surface area contributed by atoms with Crippen molar-refractivity contribution in [2.45, 2.75) is 77.6 Å². The quantitative estimate of drug-likeness (QED) is 0.905. The number of ether oxygens (including phenoxy) is 1. The molecule has 0 saturated heterocycles. The van der Waals surface area contributed by atoms with Crippen LogP contribution in [-0.4, -0.2) is 34.0 Å². The Kier molecular flexibility index (Phi) is 4.31. The molecule has 0 aromatic carbocycles. The Hall–Kier alpha value is -0.940. The summed E-state index contributed by atoms with van der Waals surface area (Å²) in [4.78, 5) is 4.55. The minimum absolute atomic E-state index is 0.476. The molecule has 0 radical (unpaired) electrons. The molecule has 0 spiro atoms. The SMILES string of the molecule is CCC1(C)CCCC1NC1CCc2nc(COC)nn2C1. The number of hydrogen-bond donors (Lipinski definition) is 1. The van der Waals surface area contributed by atoms with Crippen LogP contribution in [-0.2, 0) is 24.3 Å². The zero-order valence-electron chi connectivity index (χ0n) is 13.6. The summed E-state index contributed by atoms with van der Waals surface area (Å²) in [5.41, 5.74) is 0.476. The predicted molar refractivity (Wildman–Crippen MR) is 82.0 cm³/mol. The summed E-state index contributed by atoms with van der Waals surface area (Å²) in [6.45, 7) is 6.22. The van der Waals surface area contributed by atoms with E-state index < -0.39 is 0 Å². The Morgan fingerprint density at radius 1 is 1.43 bits per heavy atom. The molecule has 2 aliphatic rings. The summed E-state index contributed by atoms with van der Waals surface area (Å²) >= 11 is 0. The van der Waals surface area contributed by atoms with Gasteiger partial charge in [0.15, 0.2) is 5.82 Å². The van der Waals surface area contributed by atoms with Gasteiger partial charge in [0, 0.05) is 25.6 Å². The number of fused-ring (bicyclic) bond motifs is 1. The summed E-state index contributed by atoms with van der Waals surface area (Å²) in [6.07, 6.45) is 7.50. The van der Waals surface area contributed by atoms with E-state index in [4.69, 9.17) is 4.74 Å². The van der Waals surface area contributed by atoms with Crippen LogP contribution in [0, 0.1) is 5.41 Å². The molecule has 1 aliphatic carbocycles. The Morgan fingerprint density at radius 3 is 3.05 bits per heavy atom. The van der Waals surface area contributed by atoms with E-state index in [-0.39, 0.29) is 0 Å². The number of nitrogens with zero attached hydrogens (tertiary/aromatic N) is 3. The largest absolute Gasteiger partial charge is 0.377 e. The van der Waals surface area contributed by atoms with Crippen molar-refractivity contribution in [1.82, 2.24) is 20.1 Å². The van der Waals surface area contributed by atoms with Gasteiger partial charge in [0.2, 0.25) is 0 Å². The second-order valence-electron chi connectivity index (χ2n) is 6.91. The molecule has 3 atom stereocenters. The predicted octanol–water partition coefficient (Wildman–Crippen LogP) is 2.30. The van der Waals surface area contributed by atoms with E-state index in [0.717, 1.165) is 24.6 Å². The van der Waals surface area contributed by atoms with Gasteiger partial charge in [-0.3, -0.25) is 0 Å². The molecule has 1 aliphatic heterocycles. The van der Waals surface area contributed by atoms with Gasteiger partial charge in [-0.2, -0.15) is 5.10 Å². The molecule has 2 heterocycles. The van der Waals surface area contributed by atoms with Gasteiger partial charge >= 0.3 is 0 Å². The van der Waals surface area contributed by atoms with Crippen LogP contribution in [0.5, 0.6) is 0 Å². The molecule has 5 heteroatoms. The van der Waals surface area contributed by atoms with Crippen molar-refractivity contribution < 1.29 is 4.74 Å². The fourth-order valence-corrected chi connectivity index (χ4v) is 3.91. The van der Waals surface area contributed by atoms with Crippen LogP contribution in [0.4, 0.5) is 0 Å². The van der Waals surface area contributed by atoms with Gasteiger partial charge in [-0.15, -0.1) is 0 Å². The van der Waals surface area contributed by atoms with Gasteiger partial charge in [0.25, 0.3) is 0 Å². The van der Waals surface area contributed by atoms with Gasteiger partial charge in [-0.05, 0) is 31.1 Å². The Morgan fingerprint density at radius 2 is 2.29 bits per heavy atom. The van der Waals surface area contributed by atoms with Crippen molar-refractivity contribution >= 4 is 0 Å². The highest BCUT2D eigenvalue weighted by atomic mass is 16.5. The molecular weight excluding hydrogens is 264 g/mol. The Labute approximate surface area is 127 Å². The Bertz CT molecular complexity index is 487. The standard InChI is InChI=1S/C16H28N4O/c1-4-16(2)9-5-6-13(16)17-12-7-8-15-18-14(11-21-3)19-20(15)10-12/h12-13,17H,4-11H2,1-3H3. The third-order valence-corrected chi connectivity index (χ3v) is 5.50. The molecule has 1 fully saturated rings. The monoisotopic (exact) mass is 292 g/mol. The van der Waals surface area contributed by atoms with Crippen LogP contribution in [0.1, 0.15) is 57.6 Å². The fraction of sp³-hybridized carbons (Fsp3) is 0.875. The molecule has 1 saturated carbocycles. The number of aromatic nitrogens is 3. The van der Waals surface area contributed by atoms with Crippen LogP contribution in [0.3, 0.4) is 0 Å². The van der Waals surface area contributed by atoms with E-state index in [9.17, 15) is 0 Å². The number of rotatable bonds is 5. The fourth-order valence-electron chi connectivity index (χ4n) is 3.91. The first-order chi connectivity index (χ1) is 10.1. The van der Waals surface area contributed by atoms with Crippen LogP contribution < -0.4 is 5.32 Å². The summed E-state index contributed by atoms with van der Waals surface area (Å²) in [5.74, 6) is 1.93. The van der Waals surface area contributed by atoms with E-state index in [1.54, 1.807) is 7.11 Å². The molecule has 1 aromatic rings. The first-order valence-corrected chi connectivity index (χ1v) is 8.32. The first-order valence-electron chi connectivity index (χ1n) is 8.32. The van der Waals surface area contributed by atoms with Gasteiger partial charge in [-0.25, -0.2) is 9.67 Å². The van der Waals surface area contributed by atoms with Crippen molar-refractivity contribution in [2.24, 2.45) is 5.41 Å². The molecule has 3 rings (SSSR count). The van der Waals surface area contributed by atoms with Crippen LogP contribution in [0.15, 0.2) is 0 Å². The summed E-state index contributed by atoms with van der Waals surface area (Å²) in [7, 11) is 1.69. The molecule has 5 nitrogen and oxygen atoms in total. The zero-order valence-corrected chi connectivity index (χ0v) is 13.6. The highest BCUT2D eigenvalue weighted by Gasteiger charge is 2.38. The second kappa shape index (κ2) is 6.05. The summed E-state index contributed by atoms with van der Waals surface area (Å²) in [5, 5.41) is 8.48. The minimum atomic E-state index is 0.476. The molecule has 21 heavy (non-hydrogen) atoms. The summed E-state index contributed by atoms with van der Waals surface area (Å²) in [6, 6.07) is 1.19. The molecule has 118 valence electrons. The lowest BCUT2D eigenvalue weighted by molar-refractivity contribution is 0.177. The summed E-state index contributed by atoms with van der Waals surface area (Å²) < 4.78 is 7.21. The number of aryl methyl sites for hydroxylation is 1. The van der Waals surface area contributed by atoms with Crippen LogP contribution >= 0.6 is 0 Å². The highest BCUT2D eigenvalue weighted by molar-refractivity contribution is 5.00. The van der Waals surface area contributed by atoms with Crippen LogP contribution in [0.2, 0.25) is 0 Å². The average Bonchev–Trinajstić information content (AvgIpc) is 3.03. The van der Waals surface area contributed by atoms with E-state index in [1.165, 1.54) is 32.1 Å². The second-order valence-corrected chi connectivity index (χ2v) is 6.91. The molecule has 0 bridgehead atoms. The topological polar surface area (TPSA) is 52.0 Å². The zero-order chi connectivity index (χ0) is 14.9. The molecule has 0 amide bonds. The first kappa shape index (κ1) is 15.0. The van der Waals surface area contributed by atoms with Crippen LogP contribution in [0.25, 0.3) is 0 Å². The molecular formula is C16H28N4O. The lowest BCUT2D eigenvalue weighted by Gasteiger charge is -2.35. The smallest absolute Gasteiger partial charge is 0.176 e. The van der Waals surface area contributed by atoms with Crippen molar-refractivity contribution in [3.05, 3.63) is 11.6 Å². The van der Waals surface area contributed by atoms with Gasteiger partial charge in [-0.1, -0.05) is 20.3 Å². The average molecular weight is 292 g/mol. The van der Waals surface area contributed by atoms with Gasteiger partial charge in [0.05, 0.1) is 6.54 Å². The van der Waals surface area contributed by atoms with E-state index in [0.29, 0.717) is 24.1 Å². The van der Waals surface area contributed by atoms with Gasteiger partial charge in [0.1, 0.15) is 12.4 Å². The van der Waals surface area contributed by atoms with E-state index in [1.807, 2.05) is 0 Å². The Balaban J connectivity index is 1.63. The maximum atomic E-state index is 5.13. The third kappa shape index (κ3) is 2.99. The van der Waals surface area contributed by atoms with Gasteiger partial charge < -0.3 is 10.1 Å². The third-order valence-electron chi connectivity index (χ3n) is 5.50. The number of hydrogen-bond acceptors (Lipinski definition) is 4. The normalized spacial score (nSPS) is 32.3. The van der Waals surface area contributed by atoms with Crippen molar-refractivity contribution in [2.75, 3.05) is 7.11 Å². The molecule has 1 aromatic heterocycles. The maximum absolute atomic E-state index is 5.13. The van der Waals surface area contributed by atoms with Crippen molar-refractivity contribution in [3.8, 4) is 0 Å². The van der Waals surface area contributed by atoms with Crippen molar-refractivity contribution in [3.63, 3.8) is 0 Å². The maximum Gasteiger partial charge on any atom is 0.176 e. The highest BCUT2D eigenvalue weighted by Crippen LogP contribution is 2.41. The lowest BCUT2D eigenvalue weighted by Crippen LogP contribution is -2.48. The number of nitrogens with one attached hydrogen (secondary N) is 1. The molecule has 1 N–H and O–H groups in total. The van der Waals surface area contributed by atoms with E-state index in [2.05, 4.69) is 33.9 Å². The van der Waals surface area contributed by atoms with Crippen molar-refractivity contribution in [1.29, 1.82) is 0 Å². The minimum Gasteiger partial charge on any atom is -0.377 e.